The summed E-state index contributed by atoms with van der Waals surface area (Å²) < 4.78 is 5.84. The molecule has 0 saturated heterocycles. The first-order chi connectivity index (χ1) is 7.53. The number of hydrogen-bond acceptors (Lipinski definition) is 1. The Morgan fingerprint density at radius 2 is 1.88 bits per heavy atom. The summed E-state index contributed by atoms with van der Waals surface area (Å²) in [5, 5.41) is 0. The van der Waals surface area contributed by atoms with E-state index in [0.717, 1.165) is 12.0 Å². The van der Waals surface area contributed by atoms with E-state index in [-0.39, 0.29) is 11.7 Å². The second-order valence-electron chi connectivity index (χ2n) is 4.46. The van der Waals surface area contributed by atoms with Crippen LogP contribution in [0.15, 0.2) is 30.3 Å². The van der Waals surface area contributed by atoms with Crippen LogP contribution < -0.4 is 0 Å². The molecule has 0 saturated carbocycles. The number of hydrogen-bond donors (Lipinski definition) is 0. The van der Waals surface area contributed by atoms with Crippen LogP contribution in [-0.4, -0.2) is 11.7 Å². The fraction of sp³-hybridized carbons (Fsp3) is 0.467. The molecule has 1 atom stereocenters. The quantitative estimate of drug-likeness (QED) is 0.701. The van der Waals surface area contributed by atoms with Crippen LogP contribution in [0.4, 0.5) is 0 Å². The minimum atomic E-state index is -0.384. The third kappa shape index (κ3) is 4.51. The summed E-state index contributed by atoms with van der Waals surface area (Å²) in [6, 6.07) is 9.99. The molecule has 0 aromatic heterocycles. The normalized spacial score (nSPS) is 12.8. The van der Waals surface area contributed by atoms with Gasteiger partial charge >= 0.3 is 0 Å². The maximum absolute atomic E-state index is 5.84. The van der Waals surface area contributed by atoms with Gasteiger partial charge in [0.05, 0.1) is 6.10 Å². The molecule has 0 N–H and O–H groups in total. The predicted octanol–water partition coefficient (Wildman–Crippen LogP) is 3.63. The van der Waals surface area contributed by atoms with Gasteiger partial charge in [0, 0.05) is 5.56 Å². The molecule has 0 aliphatic heterocycles. The molecule has 0 radical (unpaired) electrons. The van der Waals surface area contributed by atoms with Crippen molar-refractivity contribution in [3.63, 3.8) is 0 Å². The summed E-state index contributed by atoms with van der Waals surface area (Å²) in [6.45, 7) is 8.21. The summed E-state index contributed by atoms with van der Waals surface area (Å²) in [5.74, 6) is 6.31. The lowest BCUT2D eigenvalue weighted by Gasteiger charge is -2.23. The fourth-order valence-electron chi connectivity index (χ4n) is 1.36. The van der Waals surface area contributed by atoms with E-state index in [1.807, 2.05) is 44.2 Å². The molecule has 0 fully saturated rings. The molecule has 0 aliphatic rings. The van der Waals surface area contributed by atoms with Crippen molar-refractivity contribution in [2.45, 2.75) is 45.8 Å². The molecule has 86 valence electrons. The van der Waals surface area contributed by atoms with E-state index >= 15 is 0 Å². The SMILES string of the molecule is CCC(C)OC(C)(C)C#Cc1ccccc1. The van der Waals surface area contributed by atoms with Crippen molar-refractivity contribution < 1.29 is 4.74 Å². The Bertz CT molecular complexity index is 367. The highest BCUT2D eigenvalue weighted by molar-refractivity contribution is 5.35. The fourth-order valence-corrected chi connectivity index (χ4v) is 1.36. The summed E-state index contributed by atoms with van der Waals surface area (Å²) >= 11 is 0. The molecule has 16 heavy (non-hydrogen) atoms. The van der Waals surface area contributed by atoms with Gasteiger partial charge in [-0.2, -0.15) is 0 Å². The van der Waals surface area contributed by atoms with E-state index in [1.165, 1.54) is 0 Å². The van der Waals surface area contributed by atoms with E-state index in [2.05, 4.69) is 25.7 Å². The largest absolute Gasteiger partial charge is 0.360 e. The third-order valence-corrected chi connectivity index (χ3v) is 2.35. The van der Waals surface area contributed by atoms with E-state index in [4.69, 9.17) is 4.74 Å². The van der Waals surface area contributed by atoms with Crippen LogP contribution in [0, 0.1) is 11.8 Å². The Hall–Kier alpha value is -1.26. The Balaban J connectivity index is 2.69. The van der Waals surface area contributed by atoms with E-state index in [1.54, 1.807) is 0 Å². The number of rotatable bonds is 3. The molecule has 1 aromatic carbocycles. The average molecular weight is 216 g/mol. The van der Waals surface area contributed by atoms with Crippen molar-refractivity contribution in [3.05, 3.63) is 35.9 Å². The highest BCUT2D eigenvalue weighted by atomic mass is 16.5. The van der Waals surface area contributed by atoms with Crippen LogP contribution in [0.3, 0.4) is 0 Å². The van der Waals surface area contributed by atoms with Crippen molar-refractivity contribution in [2.24, 2.45) is 0 Å². The molecule has 0 aliphatic carbocycles. The summed E-state index contributed by atoms with van der Waals surface area (Å²) in [6.07, 6.45) is 1.26. The molecule has 0 bridgehead atoms. The summed E-state index contributed by atoms with van der Waals surface area (Å²) in [7, 11) is 0. The van der Waals surface area contributed by atoms with Crippen molar-refractivity contribution in [3.8, 4) is 11.8 Å². The maximum atomic E-state index is 5.84. The smallest absolute Gasteiger partial charge is 0.123 e. The monoisotopic (exact) mass is 216 g/mol. The molecule has 1 aromatic rings. The first-order valence-corrected chi connectivity index (χ1v) is 5.79. The van der Waals surface area contributed by atoms with Gasteiger partial charge in [-0.25, -0.2) is 0 Å². The van der Waals surface area contributed by atoms with Gasteiger partial charge in [0.25, 0.3) is 0 Å². The molecule has 1 rings (SSSR count). The molecular formula is C15H20O. The summed E-state index contributed by atoms with van der Waals surface area (Å²) in [5.41, 5.74) is 0.647. The highest BCUT2D eigenvalue weighted by Gasteiger charge is 2.17. The Kier molecular flexibility index (Phi) is 4.58. The van der Waals surface area contributed by atoms with Gasteiger partial charge in [-0.1, -0.05) is 37.0 Å². The standard InChI is InChI=1S/C15H20O/c1-5-13(2)16-15(3,4)12-11-14-9-7-6-8-10-14/h6-10,13H,5H2,1-4H3. The third-order valence-electron chi connectivity index (χ3n) is 2.35. The highest BCUT2D eigenvalue weighted by Crippen LogP contribution is 2.13. The van der Waals surface area contributed by atoms with Crippen LogP contribution in [-0.2, 0) is 4.74 Å². The van der Waals surface area contributed by atoms with Crippen LogP contribution in [0.1, 0.15) is 39.7 Å². The van der Waals surface area contributed by atoms with Gasteiger partial charge in [0.1, 0.15) is 5.60 Å². The zero-order valence-corrected chi connectivity index (χ0v) is 10.6. The van der Waals surface area contributed by atoms with Gasteiger partial charge in [-0.3, -0.25) is 0 Å². The van der Waals surface area contributed by atoms with E-state index in [0.29, 0.717) is 0 Å². The van der Waals surface area contributed by atoms with Gasteiger partial charge in [-0.05, 0) is 39.3 Å². The van der Waals surface area contributed by atoms with Crippen LogP contribution >= 0.6 is 0 Å². The molecular weight excluding hydrogens is 196 g/mol. The van der Waals surface area contributed by atoms with Crippen molar-refractivity contribution in [1.29, 1.82) is 0 Å². The molecule has 0 heterocycles. The average Bonchev–Trinajstić information content (AvgIpc) is 2.27. The van der Waals surface area contributed by atoms with Crippen LogP contribution in [0.5, 0.6) is 0 Å². The minimum absolute atomic E-state index is 0.250. The minimum Gasteiger partial charge on any atom is -0.360 e. The molecule has 0 spiro atoms. The van der Waals surface area contributed by atoms with Crippen molar-refractivity contribution >= 4 is 0 Å². The summed E-state index contributed by atoms with van der Waals surface area (Å²) in [4.78, 5) is 0. The number of benzene rings is 1. The van der Waals surface area contributed by atoms with E-state index in [9.17, 15) is 0 Å². The van der Waals surface area contributed by atoms with Crippen molar-refractivity contribution in [1.82, 2.24) is 0 Å². The predicted molar refractivity (Wildman–Crippen MR) is 68.2 cm³/mol. The molecule has 1 heteroatoms. The van der Waals surface area contributed by atoms with Crippen LogP contribution in [0.2, 0.25) is 0 Å². The molecule has 0 amide bonds. The Morgan fingerprint density at radius 3 is 2.44 bits per heavy atom. The number of ether oxygens (including phenoxy) is 1. The Morgan fingerprint density at radius 1 is 1.25 bits per heavy atom. The first-order valence-electron chi connectivity index (χ1n) is 5.79. The van der Waals surface area contributed by atoms with Gasteiger partial charge in [-0.15, -0.1) is 0 Å². The van der Waals surface area contributed by atoms with Gasteiger partial charge < -0.3 is 4.74 Å². The Labute approximate surface area is 98.8 Å². The zero-order chi connectivity index (χ0) is 12.0. The molecule has 1 nitrogen and oxygen atoms in total. The lowest BCUT2D eigenvalue weighted by atomic mass is 10.1. The maximum Gasteiger partial charge on any atom is 0.123 e. The van der Waals surface area contributed by atoms with Gasteiger partial charge in [0.15, 0.2) is 0 Å². The van der Waals surface area contributed by atoms with E-state index < -0.39 is 0 Å². The topological polar surface area (TPSA) is 9.23 Å². The molecule has 1 unspecified atom stereocenters. The van der Waals surface area contributed by atoms with Crippen molar-refractivity contribution in [2.75, 3.05) is 0 Å². The first kappa shape index (κ1) is 12.8. The second kappa shape index (κ2) is 5.72. The second-order valence-corrected chi connectivity index (χ2v) is 4.46. The van der Waals surface area contributed by atoms with Gasteiger partial charge in [0.2, 0.25) is 0 Å². The zero-order valence-electron chi connectivity index (χ0n) is 10.6. The lowest BCUT2D eigenvalue weighted by Crippen LogP contribution is -2.27. The van der Waals surface area contributed by atoms with Crippen LogP contribution in [0.25, 0.3) is 0 Å². The lowest BCUT2D eigenvalue weighted by molar-refractivity contribution is -0.0269.